The van der Waals surface area contributed by atoms with E-state index in [2.05, 4.69) is 0 Å². The fraction of sp³-hybridized carbons (Fsp3) is 0.400. The normalized spacial score (nSPS) is 18.7. The standard InChI is InChI=1S/C25H29N3O4/c1-32-22-10-6-5-7-19(22)11-12-23(29)26-13-15-27(16-14-26)25(31)20-17-24(30)28(18-20)21-8-3-2-4-9-21/h2-10,20H,11-18H2,1H3. The van der Waals surface area contributed by atoms with Gasteiger partial charge in [-0.05, 0) is 30.2 Å². The summed E-state index contributed by atoms with van der Waals surface area (Å²) in [6, 6.07) is 17.2. The van der Waals surface area contributed by atoms with Crippen LogP contribution in [-0.2, 0) is 20.8 Å². The van der Waals surface area contributed by atoms with E-state index < -0.39 is 0 Å². The molecule has 0 N–H and O–H groups in total. The number of carbonyl (C=O) groups is 3. The van der Waals surface area contributed by atoms with Crippen molar-refractivity contribution in [3.63, 3.8) is 0 Å². The third-order valence-corrected chi connectivity index (χ3v) is 6.29. The van der Waals surface area contributed by atoms with Gasteiger partial charge in [0.2, 0.25) is 17.7 Å². The number of rotatable bonds is 6. The van der Waals surface area contributed by atoms with Crippen molar-refractivity contribution in [2.24, 2.45) is 5.92 Å². The zero-order chi connectivity index (χ0) is 22.5. The van der Waals surface area contributed by atoms with Gasteiger partial charge in [-0.2, -0.15) is 0 Å². The molecule has 0 radical (unpaired) electrons. The lowest BCUT2D eigenvalue weighted by Crippen LogP contribution is -2.52. The minimum atomic E-state index is -0.324. The number of hydrogen-bond acceptors (Lipinski definition) is 4. The maximum absolute atomic E-state index is 13.0. The van der Waals surface area contributed by atoms with Gasteiger partial charge in [-0.15, -0.1) is 0 Å². The van der Waals surface area contributed by atoms with Crippen LogP contribution in [0.1, 0.15) is 18.4 Å². The fourth-order valence-corrected chi connectivity index (χ4v) is 4.47. The molecule has 0 spiro atoms. The average Bonchev–Trinajstić information content (AvgIpc) is 3.24. The summed E-state index contributed by atoms with van der Waals surface area (Å²) in [7, 11) is 1.63. The summed E-state index contributed by atoms with van der Waals surface area (Å²) < 4.78 is 5.36. The van der Waals surface area contributed by atoms with Crippen LogP contribution >= 0.6 is 0 Å². The van der Waals surface area contributed by atoms with Crippen molar-refractivity contribution in [2.45, 2.75) is 19.3 Å². The van der Waals surface area contributed by atoms with Crippen LogP contribution in [0.2, 0.25) is 0 Å². The Morgan fingerprint density at radius 2 is 1.59 bits per heavy atom. The molecule has 2 heterocycles. The molecule has 3 amide bonds. The summed E-state index contributed by atoms with van der Waals surface area (Å²) in [4.78, 5) is 43.5. The van der Waals surface area contributed by atoms with Gasteiger partial charge in [-0.3, -0.25) is 14.4 Å². The fourth-order valence-electron chi connectivity index (χ4n) is 4.47. The highest BCUT2D eigenvalue weighted by Crippen LogP contribution is 2.26. The summed E-state index contributed by atoms with van der Waals surface area (Å²) in [6.45, 7) is 2.49. The van der Waals surface area contributed by atoms with E-state index >= 15 is 0 Å². The molecule has 0 aromatic heterocycles. The van der Waals surface area contributed by atoms with Crippen LogP contribution in [0.5, 0.6) is 5.75 Å². The molecule has 2 saturated heterocycles. The molecule has 4 rings (SSSR count). The van der Waals surface area contributed by atoms with Gasteiger partial charge in [-0.1, -0.05) is 36.4 Å². The number of hydrogen-bond donors (Lipinski definition) is 0. The van der Waals surface area contributed by atoms with Gasteiger partial charge >= 0.3 is 0 Å². The highest BCUT2D eigenvalue weighted by Gasteiger charge is 2.38. The first kappa shape index (κ1) is 21.9. The first-order valence-electron chi connectivity index (χ1n) is 11.1. The molecular weight excluding hydrogens is 406 g/mol. The van der Waals surface area contributed by atoms with Crippen molar-refractivity contribution in [1.82, 2.24) is 9.80 Å². The highest BCUT2D eigenvalue weighted by molar-refractivity contribution is 6.00. The van der Waals surface area contributed by atoms with Crippen LogP contribution in [0.25, 0.3) is 0 Å². The average molecular weight is 436 g/mol. The van der Waals surface area contributed by atoms with E-state index in [9.17, 15) is 14.4 Å². The zero-order valence-corrected chi connectivity index (χ0v) is 18.4. The summed E-state index contributed by atoms with van der Waals surface area (Å²) in [6.07, 6.45) is 1.28. The van der Waals surface area contributed by atoms with Gasteiger partial charge in [0.1, 0.15) is 5.75 Å². The van der Waals surface area contributed by atoms with Gasteiger partial charge in [0, 0.05) is 51.3 Å². The number of methoxy groups -OCH3 is 1. The first-order valence-corrected chi connectivity index (χ1v) is 11.1. The maximum atomic E-state index is 13.0. The Morgan fingerprint density at radius 3 is 2.31 bits per heavy atom. The van der Waals surface area contributed by atoms with E-state index in [1.807, 2.05) is 59.5 Å². The Morgan fingerprint density at radius 1 is 0.938 bits per heavy atom. The summed E-state index contributed by atoms with van der Waals surface area (Å²) in [5, 5.41) is 0. The second kappa shape index (κ2) is 9.85. The number of amides is 3. The van der Waals surface area contributed by atoms with Crippen LogP contribution in [0, 0.1) is 5.92 Å². The Hall–Kier alpha value is -3.35. The SMILES string of the molecule is COc1ccccc1CCC(=O)N1CCN(C(=O)C2CC(=O)N(c3ccccc3)C2)CC1. The number of ether oxygens (including phenoxy) is 1. The lowest BCUT2D eigenvalue weighted by atomic mass is 10.1. The molecule has 168 valence electrons. The number of carbonyl (C=O) groups excluding carboxylic acids is 3. The molecule has 32 heavy (non-hydrogen) atoms. The van der Waals surface area contributed by atoms with Crippen molar-refractivity contribution < 1.29 is 19.1 Å². The molecule has 2 fully saturated rings. The van der Waals surface area contributed by atoms with Gasteiger partial charge in [0.05, 0.1) is 13.0 Å². The minimum absolute atomic E-state index is 0.0119. The van der Waals surface area contributed by atoms with Crippen molar-refractivity contribution in [1.29, 1.82) is 0 Å². The molecule has 0 aliphatic carbocycles. The van der Waals surface area contributed by atoms with Crippen molar-refractivity contribution in [2.75, 3.05) is 44.7 Å². The van der Waals surface area contributed by atoms with Gasteiger partial charge in [-0.25, -0.2) is 0 Å². The van der Waals surface area contributed by atoms with Crippen molar-refractivity contribution >= 4 is 23.4 Å². The topological polar surface area (TPSA) is 70.2 Å². The van der Waals surface area contributed by atoms with Crippen molar-refractivity contribution in [3.05, 3.63) is 60.2 Å². The highest BCUT2D eigenvalue weighted by atomic mass is 16.5. The van der Waals surface area contributed by atoms with Crippen LogP contribution in [0.15, 0.2) is 54.6 Å². The van der Waals surface area contributed by atoms with E-state index in [0.717, 1.165) is 17.0 Å². The smallest absolute Gasteiger partial charge is 0.228 e. The van der Waals surface area contributed by atoms with Crippen LogP contribution in [0.3, 0.4) is 0 Å². The van der Waals surface area contributed by atoms with E-state index in [1.165, 1.54) is 0 Å². The second-order valence-electron chi connectivity index (χ2n) is 8.26. The van der Waals surface area contributed by atoms with E-state index in [0.29, 0.717) is 45.6 Å². The molecule has 1 unspecified atom stereocenters. The largest absolute Gasteiger partial charge is 0.496 e. The van der Waals surface area contributed by atoms with Crippen LogP contribution < -0.4 is 9.64 Å². The molecule has 1 atom stereocenters. The molecule has 2 aromatic rings. The van der Waals surface area contributed by atoms with Crippen LogP contribution in [0.4, 0.5) is 5.69 Å². The van der Waals surface area contributed by atoms with E-state index in [1.54, 1.807) is 16.9 Å². The third kappa shape index (κ3) is 4.77. The van der Waals surface area contributed by atoms with Gasteiger partial charge in [0.15, 0.2) is 0 Å². The van der Waals surface area contributed by atoms with Gasteiger partial charge < -0.3 is 19.4 Å². The Kier molecular flexibility index (Phi) is 6.73. The number of para-hydroxylation sites is 2. The maximum Gasteiger partial charge on any atom is 0.228 e. The molecule has 7 heteroatoms. The zero-order valence-electron chi connectivity index (χ0n) is 18.4. The van der Waals surface area contributed by atoms with Crippen LogP contribution in [-0.4, -0.2) is 67.4 Å². The quantitative estimate of drug-likeness (QED) is 0.699. The summed E-state index contributed by atoms with van der Waals surface area (Å²) >= 11 is 0. The Bertz CT molecular complexity index is 970. The molecule has 7 nitrogen and oxygen atoms in total. The third-order valence-electron chi connectivity index (χ3n) is 6.29. The summed E-state index contributed by atoms with van der Waals surface area (Å²) in [5.41, 5.74) is 1.85. The molecule has 0 saturated carbocycles. The van der Waals surface area contributed by atoms with E-state index in [4.69, 9.17) is 4.74 Å². The monoisotopic (exact) mass is 435 g/mol. The first-order chi connectivity index (χ1) is 15.6. The minimum Gasteiger partial charge on any atom is -0.496 e. The predicted molar refractivity (Wildman–Crippen MR) is 121 cm³/mol. The Labute approximate surface area is 188 Å². The van der Waals surface area contributed by atoms with Crippen molar-refractivity contribution in [3.8, 4) is 5.75 Å². The molecular formula is C25H29N3O4. The molecule has 2 aliphatic rings. The number of nitrogens with zero attached hydrogens (tertiary/aromatic N) is 3. The number of piperazine rings is 1. The van der Waals surface area contributed by atoms with E-state index in [-0.39, 0.29) is 30.1 Å². The predicted octanol–water partition coefficient (Wildman–Crippen LogP) is 2.35. The number of benzene rings is 2. The summed E-state index contributed by atoms with van der Waals surface area (Å²) in [5.74, 6) is 0.564. The lowest BCUT2D eigenvalue weighted by molar-refractivity contribution is -0.142. The Balaban J connectivity index is 1.26. The number of anilines is 1. The molecule has 2 aliphatic heterocycles. The van der Waals surface area contributed by atoms with Gasteiger partial charge in [0.25, 0.3) is 0 Å². The molecule has 0 bridgehead atoms. The number of aryl methyl sites for hydroxylation is 1. The second-order valence-corrected chi connectivity index (χ2v) is 8.26. The molecule has 2 aromatic carbocycles. The lowest BCUT2D eigenvalue weighted by Gasteiger charge is -2.36.